The van der Waals surface area contributed by atoms with Crippen molar-refractivity contribution in [3.8, 4) is 0 Å². The first-order valence-corrected chi connectivity index (χ1v) is 9.30. The van der Waals surface area contributed by atoms with E-state index in [1.54, 1.807) is 0 Å². The molecule has 4 atom stereocenters. The van der Waals surface area contributed by atoms with Crippen LogP contribution in [-0.2, 0) is 13.0 Å². The average Bonchev–Trinajstić information content (AvgIpc) is 2.79. The molecule has 0 saturated carbocycles. The van der Waals surface area contributed by atoms with Crippen molar-refractivity contribution < 1.29 is 0 Å². The van der Waals surface area contributed by atoms with Gasteiger partial charge in [-0.3, -0.25) is 16.0 Å². The monoisotopic (exact) mass is 314 g/mol. The van der Waals surface area contributed by atoms with Crippen LogP contribution in [0, 0.1) is 6.92 Å². The number of thioether (sulfide) groups is 2. The fourth-order valence-corrected chi connectivity index (χ4v) is 5.69. The summed E-state index contributed by atoms with van der Waals surface area (Å²) in [4.78, 5) is 0. The highest BCUT2D eigenvalue weighted by Crippen LogP contribution is 2.37. The quantitative estimate of drug-likeness (QED) is 0.645. The third-order valence-electron chi connectivity index (χ3n) is 3.95. The van der Waals surface area contributed by atoms with Crippen LogP contribution in [0.15, 0.2) is 6.07 Å². The van der Waals surface area contributed by atoms with Gasteiger partial charge in [0.2, 0.25) is 0 Å². The summed E-state index contributed by atoms with van der Waals surface area (Å²) in [6, 6.07) is 2.49. The lowest BCUT2D eigenvalue weighted by Crippen LogP contribution is -2.48. The molecule has 0 aromatic carbocycles. The zero-order valence-corrected chi connectivity index (χ0v) is 14.4. The standard InChI is InChI=1S/C14H26N4S2/c1-5-18-12(6-9(2)17-18)7-13(16-15)14-8-19-10(3)11(4)20-14/h6,10-11,13-14,16H,5,7-8,15H2,1-4H3. The molecular weight excluding hydrogens is 288 g/mol. The average molecular weight is 315 g/mol. The van der Waals surface area contributed by atoms with E-state index in [4.69, 9.17) is 5.84 Å². The Bertz CT molecular complexity index is 435. The van der Waals surface area contributed by atoms with E-state index in [9.17, 15) is 0 Å². The summed E-state index contributed by atoms with van der Waals surface area (Å²) in [5.74, 6) is 7.00. The minimum atomic E-state index is 0.309. The van der Waals surface area contributed by atoms with Gasteiger partial charge in [0.25, 0.3) is 0 Å². The summed E-state index contributed by atoms with van der Waals surface area (Å²) < 4.78 is 2.09. The molecule has 1 aliphatic rings. The molecule has 0 aliphatic carbocycles. The molecule has 1 fully saturated rings. The maximum atomic E-state index is 5.83. The zero-order chi connectivity index (χ0) is 14.7. The van der Waals surface area contributed by atoms with Crippen LogP contribution in [0.5, 0.6) is 0 Å². The van der Waals surface area contributed by atoms with E-state index < -0.39 is 0 Å². The van der Waals surface area contributed by atoms with Crippen molar-refractivity contribution in [1.29, 1.82) is 0 Å². The van der Waals surface area contributed by atoms with Crippen molar-refractivity contribution >= 4 is 23.5 Å². The van der Waals surface area contributed by atoms with Gasteiger partial charge in [0.1, 0.15) is 0 Å². The van der Waals surface area contributed by atoms with Gasteiger partial charge in [-0.2, -0.15) is 28.6 Å². The summed E-state index contributed by atoms with van der Waals surface area (Å²) in [6.07, 6.45) is 0.949. The van der Waals surface area contributed by atoms with Crippen LogP contribution in [0.1, 0.15) is 32.2 Å². The number of nitrogens with one attached hydrogen (secondary N) is 1. The Balaban J connectivity index is 2.05. The molecular formula is C14H26N4S2. The topological polar surface area (TPSA) is 55.9 Å². The molecule has 1 aliphatic heterocycles. The maximum Gasteiger partial charge on any atom is 0.0596 e. The minimum Gasteiger partial charge on any atom is -0.271 e. The minimum absolute atomic E-state index is 0.309. The Labute approximate surface area is 130 Å². The normalized spacial score (nSPS) is 28.6. The van der Waals surface area contributed by atoms with Gasteiger partial charge in [0, 0.05) is 46.2 Å². The summed E-state index contributed by atoms with van der Waals surface area (Å²) >= 11 is 4.14. The Morgan fingerprint density at radius 2 is 2.25 bits per heavy atom. The zero-order valence-electron chi connectivity index (χ0n) is 12.8. The van der Waals surface area contributed by atoms with Crippen LogP contribution in [0.4, 0.5) is 0 Å². The highest BCUT2D eigenvalue weighted by Gasteiger charge is 2.31. The molecule has 0 radical (unpaired) electrons. The first kappa shape index (κ1) is 16.2. The second-order valence-corrected chi connectivity index (χ2v) is 8.52. The van der Waals surface area contributed by atoms with Crippen molar-refractivity contribution in [1.82, 2.24) is 15.2 Å². The largest absolute Gasteiger partial charge is 0.271 e. The van der Waals surface area contributed by atoms with Gasteiger partial charge in [0.05, 0.1) is 5.69 Å². The molecule has 4 nitrogen and oxygen atoms in total. The SMILES string of the molecule is CCn1nc(C)cc1CC(NN)C1CSC(C)C(C)S1. The highest BCUT2D eigenvalue weighted by molar-refractivity contribution is 8.07. The Morgan fingerprint density at radius 3 is 2.85 bits per heavy atom. The molecule has 6 heteroatoms. The number of hydrogen-bond acceptors (Lipinski definition) is 5. The second-order valence-electron chi connectivity index (χ2n) is 5.49. The van der Waals surface area contributed by atoms with Crippen molar-refractivity contribution in [2.45, 2.75) is 62.5 Å². The van der Waals surface area contributed by atoms with E-state index in [0.717, 1.165) is 23.9 Å². The third kappa shape index (κ3) is 3.72. The Hall–Kier alpha value is -0.170. The Morgan fingerprint density at radius 1 is 1.50 bits per heavy atom. The summed E-state index contributed by atoms with van der Waals surface area (Å²) in [7, 11) is 0. The molecule has 0 amide bonds. The van der Waals surface area contributed by atoms with Gasteiger partial charge in [-0.25, -0.2) is 0 Å². The predicted molar refractivity (Wildman–Crippen MR) is 90.2 cm³/mol. The van der Waals surface area contributed by atoms with E-state index in [1.807, 2.05) is 0 Å². The van der Waals surface area contributed by atoms with E-state index in [2.05, 4.69) is 72.5 Å². The van der Waals surface area contributed by atoms with Crippen LogP contribution < -0.4 is 11.3 Å². The van der Waals surface area contributed by atoms with Crippen LogP contribution in [-0.4, -0.2) is 37.3 Å². The van der Waals surface area contributed by atoms with Gasteiger partial charge >= 0.3 is 0 Å². The van der Waals surface area contributed by atoms with Crippen molar-refractivity contribution in [2.75, 3.05) is 5.75 Å². The molecule has 0 bridgehead atoms. The maximum absolute atomic E-state index is 5.83. The van der Waals surface area contributed by atoms with E-state index >= 15 is 0 Å². The molecule has 20 heavy (non-hydrogen) atoms. The smallest absolute Gasteiger partial charge is 0.0596 e. The molecule has 3 N–H and O–H groups in total. The molecule has 0 spiro atoms. The summed E-state index contributed by atoms with van der Waals surface area (Å²) in [5.41, 5.74) is 5.41. The molecule has 1 aromatic heterocycles. The van der Waals surface area contributed by atoms with Crippen molar-refractivity contribution in [2.24, 2.45) is 5.84 Å². The van der Waals surface area contributed by atoms with E-state index in [-0.39, 0.29) is 0 Å². The number of aromatic nitrogens is 2. The van der Waals surface area contributed by atoms with Gasteiger partial charge in [-0.1, -0.05) is 13.8 Å². The van der Waals surface area contributed by atoms with Gasteiger partial charge < -0.3 is 0 Å². The van der Waals surface area contributed by atoms with Crippen LogP contribution in [0.3, 0.4) is 0 Å². The second kappa shape index (κ2) is 7.20. The first-order chi connectivity index (χ1) is 9.55. The van der Waals surface area contributed by atoms with E-state index in [0.29, 0.717) is 16.5 Å². The van der Waals surface area contributed by atoms with Crippen molar-refractivity contribution in [3.05, 3.63) is 17.5 Å². The molecule has 114 valence electrons. The fraction of sp³-hybridized carbons (Fsp3) is 0.786. The molecule has 1 saturated heterocycles. The molecule has 4 unspecified atom stereocenters. The molecule has 1 aromatic rings. The summed E-state index contributed by atoms with van der Waals surface area (Å²) in [5, 5.41) is 6.51. The highest BCUT2D eigenvalue weighted by atomic mass is 32.2. The van der Waals surface area contributed by atoms with Crippen LogP contribution >= 0.6 is 23.5 Å². The number of hydrazine groups is 1. The first-order valence-electron chi connectivity index (χ1n) is 7.31. The number of nitrogens with zero attached hydrogens (tertiary/aromatic N) is 2. The fourth-order valence-electron chi connectivity index (χ4n) is 2.58. The van der Waals surface area contributed by atoms with Crippen LogP contribution in [0.2, 0.25) is 0 Å². The lowest BCUT2D eigenvalue weighted by molar-refractivity contribution is 0.495. The predicted octanol–water partition coefficient (Wildman–Crippen LogP) is 2.21. The van der Waals surface area contributed by atoms with E-state index in [1.165, 1.54) is 11.4 Å². The van der Waals surface area contributed by atoms with Crippen LogP contribution in [0.25, 0.3) is 0 Å². The summed E-state index contributed by atoms with van der Waals surface area (Å²) in [6.45, 7) is 9.74. The number of hydrogen-bond donors (Lipinski definition) is 2. The number of rotatable bonds is 5. The van der Waals surface area contributed by atoms with Crippen molar-refractivity contribution in [3.63, 3.8) is 0 Å². The number of aryl methyl sites for hydroxylation is 2. The third-order valence-corrected chi connectivity index (χ3v) is 7.50. The lowest BCUT2D eigenvalue weighted by atomic mass is 10.1. The molecule has 2 heterocycles. The van der Waals surface area contributed by atoms with Gasteiger partial charge in [0.15, 0.2) is 0 Å². The Kier molecular flexibility index (Phi) is 5.84. The van der Waals surface area contributed by atoms with Gasteiger partial charge in [-0.15, -0.1) is 0 Å². The lowest BCUT2D eigenvalue weighted by Gasteiger charge is -2.35. The number of nitrogens with two attached hydrogens (primary N) is 1. The van der Waals surface area contributed by atoms with Gasteiger partial charge in [-0.05, 0) is 19.9 Å². The molecule has 2 rings (SSSR count).